The summed E-state index contributed by atoms with van der Waals surface area (Å²) in [6.45, 7) is 3.55. The van der Waals surface area contributed by atoms with Crippen LogP contribution in [-0.2, 0) is 17.8 Å². The standard InChI is InChI=1S/C18H23N5O2/c24-18(20-12-16-3-1-10-25-16)22-8-2-9-23-15(13-22)11-17(21-23)14-4-6-19-7-5-14/h4-7,11,16H,1-3,8-10,12-13H2,(H,20,24)/t16-/m0/s1. The maximum atomic E-state index is 12.5. The van der Waals surface area contributed by atoms with E-state index >= 15 is 0 Å². The van der Waals surface area contributed by atoms with Crippen LogP contribution in [0.3, 0.4) is 0 Å². The van der Waals surface area contributed by atoms with E-state index in [4.69, 9.17) is 9.84 Å². The highest BCUT2D eigenvalue weighted by Crippen LogP contribution is 2.21. The van der Waals surface area contributed by atoms with Crippen LogP contribution < -0.4 is 5.32 Å². The molecule has 2 aromatic rings. The molecule has 2 aromatic heterocycles. The number of rotatable bonds is 3. The van der Waals surface area contributed by atoms with Crippen molar-refractivity contribution in [1.82, 2.24) is 25.0 Å². The van der Waals surface area contributed by atoms with Gasteiger partial charge in [0.05, 0.1) is 24.0 Å². The molecule has 2 amide bonds. The van der Waals surface area contributed by atoms with Crippen LogP contribution in [-0.4, -0.2) is 51.5 Å². The molecule has 1 saturated heterocycles. The van der Waals surface area contributed by atoms with Crippen LogP contribution in [0.4, 0.5) is 4.79 Å². The van der Waals surface area contributed by atoms with Crippen LogP contribution in [0.2, 0.25) is 0 Å². The van der Waals surface area contributed by atoms with Crippen LogP contribution in [0, 0.1) is 0 Å². The first-order valence-electron chi connectivity index (χ1n) is 8.91. The lowest BCUT2D eigenvalue weighted by Gasteiger charge is -2.21. The number of nitrogens with zero attached hydrogens (tertiary/aromatic N) is 4. The van der Waals surface area contributed by atoms with Gasteiger partial charge in [-0.1, -0.05) is 0 Å². The van der Waals surface area contributed by atoms with E-state index in [0.717, 1.165) is 55.9 Å². The van der Waals surface area contributed by atoms with Crippen molar-refractivity contribution in [1.29, 1.82) is 0 Å². The van der Waals surface area contributed by atoms with Crippen molar-refractivity contribution in [3.63, 3.8) is 0 Å². The summed E-state index contributed by atoms with van der Waals surface area (Å²) < 4.78 is 7.59. The van der Waals surface area contributed by atoms with E-state index in [9.17, 15) is 4.79 Å². The van der Waals surface area contributed by atoms with Gasteiger partial charge < -0.3 is 15.0 Å². The zero-order valence-electron chi connectivity index (χ0n) is 14.2. The van der Waals surface area contributed by atoms with Crippen molar-refractivity contribution < 1.29 is 9.53 Å². The predicted octanol–water partition coefficient (Wildman–Crippen LogP) is 2.04. The Kier molecular flexibility index (Phi) is 4.65. The van der Waals surface area contributed by atoms with Gasteiger partial charge in [0.15, 0.2) is 0 Å². The lowest BCUT2D eigenvalue weighted by molar-refractivity contribution is 0.108. The Balaban J connectivity index is 1.43. The molecule has 1 N–H and O–H groups in total. The summed E-state index contributed by atoms with van der Waals surface area (Å²) in [4.78, 5) is 18.4. The fourth-order valence-corrected chi connectivity index (χ4v) is 3.42. The first-order valence-corrected chi connectivity index (χ1v) is 8.91. The lowest BCUT2D eigenvalue weighted by atomic mass is 10.2. The Bertz CT molecular complexity index is 724. The van der Waals surface area contributed by atoms with Crippen molar-refractivity contribution in [2.75, 3.05) is 19.7 Å². The normalized spacial score (nSPS) is 20.2. The molecule has 1 atom stereocenters. The van der Waals surface area contributed by atoms with E-state index in [0.29, 0.717) is 13.1 Å². The van der Waals surface area contributed by atoms with E-state index in [-0.39, 0.29) is 12.1 Å². The molecule has 7 heteroatoms. The van der Waals surface area contributed by atoms with Crippen molar-refractivity contribution in [2.45, 2.75) is 38.5 Å². The molecule has 25 heavy (non-hydrogen) atoms. The second kappa shape index (κ2) is 7.23. The summed E-state index contributed by atoms with van der Waals surface area (Å²) in [5.74, 6) is 0. The van der Waals surface area contributed by atoms with Gasteiger partial charge in [0.2, 0.25) is 0 Å². The summed E-state index contributed by atoms with van der Waals surface area (Å²) in [5.41, 5.74) is 3.04. The maximum absolute atomic E-state index is 12.5. The molecule has 0 unspecified atom stereocenters. The molecule has 1 fully saturated rings. The minimum Gasteiger partial charge on any atom is -0.376 e. The maximum Gasteiger partial charge on any atom is 0.317 e. The molecule has 0 aliphatic carbocycles. The molecule has 0 bridgehead atoms. The van der Waals surface area contributed by atoms with Gasteiger partial charge in [-0.25, -0.2) is 4.79 Å². The Morgan fingerprint density at radius 2 is 2.16 bits per heavy atom. The SMILES string of the molecule is O=C(NC[C@@H]1CCCO1)N1CCCn2nc(-c3ccncc3)cc2C1. The summed E-state index contributed by atoms with van der Waals surface area (Å²) in [7, 11) is 0. The number of hydrogen-bond donors (Lipinski definition) is 1. The molecule has 2 aliphatic heterocycles. The van der Waals surface area contributed by atoms with Gasteiger partial charge in [-0.2, -0.15) is 5.10 Å². The quantitative estimate of drug-likeness (QED) is 0.927. The van der Waals surface area contributed by atoms with Gasteiger partial charge in [0, 0.05) is 44.2 Å². The van der Waals surface area contributed by atoms with E-state index in [1.807, 2.05) is 21.7 Å². The Morgan fingerprint density at radius 1 is 1.28 bits per heavy atom. The van der Waals surface area contributed by atoms with Gasteiger partial charge in [-0.15, -0.1) is 0 Å². The minimum atomic E-state index is -0.0180. The summed E-state index contributed by atoms with van der Waals surface area (Å²) >= 11 is 0. The van der Waals surface area contributed by atoms with E-state index in [1.165, 1.54) is 0 Å². The average molecular weight is 341 g/mol. The van der Waals surface area contributed by atoms with Gasteiger partial charge in [-0.3, -0.25) is 9.67 Å². The molecule has 2 aliphatic rings. The second-order valence-corrected chi connectivity index (χ2v) is 6.58. The summed E-state index contributed by atoms with van der Waals surface area (Å²) in [6.07, 6.45) is 6.72. The third kappa shape index (κ3) is 3.66. The monoisotopic (exact) mass is 341 g/mol. The summed E-state index contributed by atoms with van der Waals surface area (Å²) in [6, 6.07) is 5.96. The lowest BCUT2D eigenvalue weighted by Crippen LogP contribution is -2.42. The first-order chi connectivity index (χ1) is 12.3. The highest BCUT2D eigenvalue weighted by molar-refractivity contribution is 5.74. The molecule has 0 aromatic carbocycles. The van der Waals surface area contributed by atoms with E-state index < -0.39 is 0 Å². The Hall–Kier alpha value is -2.41. The van der Waals surface area contributed by atoms with Crippen molar-refractivity contribution >= 4 is 6.03 Å². The number of ether oxygens (including phenoxy) is 1. The van der Waals surface area contributed by atoms with Crippen molar-refractivity contribution in [3.05, 3.63) is 36.3 Å². The number of fused-ring (bicyclic) bond motifs is 1. The molecule has 4 heterocycles. The molecule has 7 nitrogen and oxygen atoms in total. The predicted molar refractivity (Wildman–Crippen MR) is 92.9 cm³/mol. The zero-order chi connectivity index (χ0) is 17.1. The van der Waals surface area contributed by atoms with Gasteiger partial charge >= 0.3 is 6.03 Å². The number of urea groups is 1. The van der Waals surface area contributed by atoms with Crippen LogP contribution in [0.5, 0.6) is 0 Å². The third-order valence-electron chi connectivity index (χ3n) is 4.78. The third-order valence-corrected chi connectivity index (χ3v) is 4.78. The summed E-state index contributed by atoms with van der Waals surface area (Å²) in [5, 5.41) is 7.71. The number of aryl methyl sites for hydroxylation is 1. The van der Waals surface area contributed by atoms with Crippen LogP contribution >= 0.6 is 0 Å². The fourth-order valence-electron chi connectivity index (χ4n) is 3.42. The van der Waals surface area contributed by atoms with E-state index in [1.54, 1.807) is 12.4 Å². The Labute approximate surface area is 147 Å². The number of nitrogens with one attached hydrogen (secondary N) is 1. The van der Waals surface area contributed by atoms with Crippen LogP contribution in [0.25, 0.3) is 11.3 Å². The van der Waals surface area contributed by atoms with Crippen LogP contribution in [0.15, 0.2) is 30.6 Å². The number of pyridine rings is 1. The van der Waals surface area contributed by atoms with Crippen LogP contribution in [0.1, 0.15) is 25.0 Å². The number of amides is 2. The molecule has 0 spiro atoms. The molecule has 0 radical (unpaired) electrons. The van der Waals surface area contributed by atoms with Crippen molar-refractivity contribution in [2.24, 2.45) is 0 Å². The highest BCUT2D eigenvalue weighted by atomic mass is 16.5. The number of aromatic nitrogens is 3. The topological polar surface area (TPSA) is 72.3 Å². The fraction of sp³-hybridized carbons (Fsp3) is 0.500. The molecular weight excluding hydrogens is 318 g/mol. The van der Waals surface area contributed by atoms with Gasteiger partial charge in [-0.05, 0) is 37.5 Å². The number of carbonyl (C=O) groups excluding carboxylic acids is 1. The highest BCUT2D eigenvalue weighted by Gasteiger charge is 2.22. The number of carbonyl (C=O) groups is 1. The Morgan fingerprint density at radius 3 is 2.96 bits per heavy atom. The first kappa shape index (κ1) is 16.1. The van der Waals surface area contributed by atoms with Gasteiger partial charge in [0.1, 0.15) is 0 Å². The molecule has 0 saturated carbocycles. The largest absolute Gasteiger partial charge is 0.376 e. The molecular formula is C18H23N5O2. The second-order valence-electron chi connectivity index (χ2n) is 6.58. The molecule has 4 rings (SSSR count). The smallest absolute Gasteiger partial charge is 0.317 e. The zero-order valence-corrected chi connectivity index (χ0v) is 14.2. The number of hydrogen-bond acceptors (Lipinski definition) is 4. The van der Waals surface area contributed by atoms with E-state index in [2.05, 4.69) is 16.4 Å². The molecule has 132 valence electrons. The average Bonchev–Trinajstić information content (AvgIpc) is 3.26. The van der Waals surface area contributed by atoms with Gasteiger partial charge in [0.25, 0.3) is 0 Å². The van der Waals surface area contributed by atoms with Crippen molar-refractivity contribution in [3.8, 4) is 11.3 Å². The minimum absolute atomic E-state index is 0.0180.